The van der Waals surface area contributed by atoms with Gasteiger partial charge in [0.05, 0.1) is 18.3 Å². The number of para-hydroxylation sites is 2. The fraction of sp³-hybridized carbons (Fsp3) is 0.238. The average molecular weight is 413 g/mol. The normalized spacial score (nSPS) is 20.7. The monoisotopic (exact) mass is 412 g/mol. The van der Waals surface area contributed by atoms with Gasteiger partial charge in [0.25, 0.3) is 11.8 Å². The number of alkyl halides is 1. The number of hydrogen-bond donors (Lipinski definition) is 2. The fourth-order valence-corrected chi connectivity index (χ4v) is 3.68. The van der Waals surface area contributed by atoms with Gasteiger partial charge in [0, 0.05) is 25.9 Å². The van der Waals surface area contributed by atoms with Gasteiger partial charge in [-0.3, -0.25) is 14.6 Å². The highest BCUT2D eigenvalue weighted by Crippen LogP contribution is 2.37. The van der Waals surface area contributed by atoms with Crippen molar-refractivity contribution in [1.29, 1.82) is 0 Å². The van der Waals surface area contributed by atoms with E-state index in [1.807, 2.05) is 55.4 Å². The van der Waals surface area contributed by atoms with Crippen LogP contribution in [0.25, 0.3) is 0 Å². The molecule has 29 heavy (non-hydrogen) atoms. The summed E-state index contributed by atoms with van der Waals surface area (Å²) >= 11 is 6.28. The Hall–Kier alpha value is -3.03. The van der Waals surface area contributed by atoms with E-state index in [0.29, 0.717) is 17.2 Å². The first kappa shape index (κ1) is 19.3. The first-order valence-electron chi connectivity index (χ1n) is 9.20. The molecule has 0 aliphatic carbocycles. The summed E-state index contributed by atoms with van der Waals surface area (Å²) in [6, 6.07) is 14.8. The highest BCUT2D eigenvalue weighted by molar-refractivity contribution is 6.33. The maximum absolute atomic E-state index is 12.3. The van der Waals surface area contributed by atoms with Crippen molar-refractivity contribution in [2.45, 2.75) is 11.4 Å². The molecule has 2 amide bonds. The molecule has 2 atom stereocenters. The largest absolute Gasteiger partial charge is 0.458 e. The maximum Gasteiger partial charge on any atom is 0.257 e. The average Bonchev–Trinajstić information content (AvgIpc) is 2.87. The molecule has 0 aromatic heterocycles. The van der Waals surface area contributed by atoms with Crippen LogP contribution < -0.4 is 20.4 Å². The second-order valence-corrected chi connectivity index (χ2v) is 7.54. The third-order valence-corrected chi connectivity index (χ3v) is 5.31. The second kappa shape index (κ2) is 7.77. The van der Waals surface area contributed by atoms with E-state index in [0.717, 1.165) is 11.3 Å². The van der Waals surface area contributed by atoms with Crippen LogP contribution in [-0.2, 0) is 9.59 Å². The highest BCUT2D eigenvalue weighted by atomic mass is 35.5. The number of halogens is 1. The molecule has 0 spiro atoms. The van der Waals surface area contributed by atoms with Crippen molar-refractivity contribution in [1.82, 2.24) is 10.4 Å². The van der Waals surface area contributed by atoms with Gasteiger partial charge in [-0.2, -0.15) is 0 Å². The van der Waals surface area contributed by atoms with Crippen molar-refractivity contribution in [3.8, 4) is 5.75 Å². The summed E-state index contributed by atoms with van der Waals surface area (Å²) in [7, 11) is 3.93. The lowest BCUT2D eigenvalue weighted by atomic mass is 9.95. The lowest BCUT2D eigenvalue weighted by molar-refractivity contribution is -0.150. The van der Waals surface area contributed by atoms with Gasteiger partial charge in [0.15, 0.2) is 5.75 Å². The Kier molecular flexibility index (Phi) is 5.17. The molecule has 1 saturated heterocycles. The molecular formula is C21H21ClN4O3. The third kappa shape index (κ3) is 3.79. The number of carbonyl (C=O) groups excluding carboxylic acids is 2. The zero-order valence-corrected chi connectivity index (χ0v) is 16.8. The van der Waals surface area contributed by atoms with E-state index in [4.69, 9.17) is 16.3 Å². The van der Waals surface area contributed by atoms with Gasteiger partial charge in [0.2, 0.25) is 0 Å². The maximum atomic E-state index is 12.3. The lowest BCUT2D eigenvalue weighted by Crippen LogP contribution is -2.62. The molecule has 2 aliphatic rings. The second-order valence-electron chi connectivity index (χ2n) is 7.07. The van der Waals surface area contributed by atoms with Crippen LogP contribution >= 0.6 is 11.6 Å². The van der Waals surface area contributed by atoms with E-state index in [1.165, 1.54) is 11.1 Å². The molecule has 8 heteroatoms. The van der Waals surface area contributed by atoms with Crippen molar-refractivity contribution in [2.24, 2.45) is 0 Å². The topological polar surface area (TPSA) is 73.9 Å². The summed E-state index contributed by atoms with van der Waals surface area (Å²) in [4.78, 5) is 26.4. The molecule has 4 rings (SSSR count). The molecule has 1 fully saturated rings. The summed E-state index contributed by atoms with van der Waals surface area (Å²) in [5.41, 5.74) is 5.64. The van der Waals surface area contributed by atoms with Crippen LogP contribution in [0.3, 0.4) is 0 Å². The zero-order valence-electron chi connectivity index (χ0n) is 16.1. The standard InChI is InChI=1S/C21H21ClN4O3/c1-25(2)14-9-7-13(8-10-14)20-19(22)21(28)26(20)23-12-15-11-18(27)24-16-5-3-4-6-17(16)29-15/h3-11,19-20,23H,12H2,1-2H3,(H,24,27). The Morgan fingerprint density at radius 3 is 2.59 bits per heavy atom. The minimum atomic E-state index is -0.638. The van der Waals surface area contributed by atoms with E-state index in [9.17, 15) is 9.59 Å². The number of rotatable bonds is 5. The summed E-state index contributed by atoms with van der Waals surface area (Å²) in [6.07, 6.45) is 1.37. The Balaban J connectivity index is 1.47. The minimum absolute atomic E-state index is 0.170. The Morgan fingerprint density at radius 2 is 1.86 bits per heavy atom. The number of fused-ring (bicyclic) bond motifs is 1. The first-order valence-corrected chi connectivity index (χ1v) is 9.64. The van der Waals surface area contributed by atoms with Crippen LogP contribution in [0.15, 0.2) is 60.4 Å². The van der Waals surface area contributed by atoms with Crippen molar-refractivity contribution in [3.05, 3.63) is 65.9 Å². The van der Waals surface area contributed by atoms with Crippen molar-refractivity contribution in [2.75, 3.05) is 30.9 Å². The van der Waals surface area contributed by atoms with Crippen molar-refractivity contribution >= 4 is 34.8 Å². The molecule has 2 unspecified atom stereocenters. The molecule has 2 aliphatic heterocycles. The minimum Gasteiger partial charge on any atom is -0.458 e. The SMILES string of the molecule is CN(C)c1ccc(C2C(Cl)C(=O)N2NCC2=CC(=O)Nc3ccccc3O2)cc1. The van der Waals surface area contributed by atoms with Crippen LogP contribution in [-0.4, -0.2) is 42.8 Å². The quantitative estimate of drug-likeness (QED) is 0.583. The predicted octanol–water partition coefficient (Wildman–Crippen LogP) is 2.66. The molecule has 2 aromatic carbocycles. The van der Waals surface area contributed by atoms with Crippen LogP contribution in [0.5, 0.6) is 5.75 Å². The van der Waals surface area contributed by atoms with E-state index in [-0.39, 0.29) is 24.4 Å². The molecule has 2 heterocycles. The van der Waals surface area contributed by atoms with E-state index >= 15 is 0 Å². The third-order valence-electron chi connectivity index (χ3n) is 4.88. The van der Waals surface area contributed by atoms with Crippen LogP contribution in [0.1, 0.15) is 11.6 Å². The number of ether oxygens (including phenoxy) is 1. The van der Waals surface area contributed by atoms with Gasteiger partial charge in [-0.05, 0) is 29.8 Å². The van der Waals surface area contributed by atoms with Crippen LogP contribution in [0.4, 0.5) is 11.4 Å². The Bertz CT molecular complexity index is 974. The van der Waals surface area contributed by atoms with E-state index in [1.54, 1.807) is 12.1 Å². The number of hydrazine groups is 1. The van der Waals surface area contributed by atoms with E-state index < -0.39 is 5.38 Å². The number of β-lactam (4-membered cyclic amide) rings is 1. The molecular weight excluding hydrogens is 392 g/mol. The number of benzene rings is 2. The van der Waals surface area contributed by atoms with Gasteiger partial charge >= 0.3 is 0 Å². The number of nitrogens with zero attached hydrogens (tertiary/aromatic N) is 2. The number of carbonyl (C=O) groups is 2. The lowest BCUT2D eigenvalue weighted by Gasteiger charge is -2.44. The molecule has 2 aromatic rings. The molecule has 150 valence electrons. The molecule has 0 saturated carbocycles. The first-order chi connectivity index (χ1) is 13.9. The molecule has 0 radical (unpaired) electrons. The Morgan fingerprint density at radius 1 is 1.14 bits per heavy atom. The number of amides is 2. The fourth-order valence-electron chi connectivity index (χ4n) is 3.31. The van der Waals surface area contributed by atoms with Crippen LogP contribution in [0.2, 0.25) is 0 Å². The summed E-state index contributed by atoms with van der Waals surface area (Å²) < 4.78 is 5.83. The summed E-state index contributed by atoms with van der Waals surface area (Å²) in [5.74, 6) is 0.451. The van der Waals surface area contributed by atoms with Crippen molar-refractivity contribution < 1.29 is 14.3 Å². The molecule has 0 bridgehead atoms. The van der Waals surface area contributed by atoms with Crippen molar-refractivity contribution in [3.63, 3.8) is 0 Å². The highest BCUT2D eigenvalue weighted by Gasteiger charge is 2.47. The van der Waals surface area contributed by atoms with Gasteiger partial charge in [-0.25, -0.2) is 5.43 Å². The zero-order chi connectivity index (χ0) is 20.5. The van der Waals surface area contributed by atoms with Gasteiger partial charge in [-0.15, -0.1) is 11.6 Å². The number of nitrogens with one attached hydrogen (secondary N) is 2. The van der Waals surface area contributed by atoms with Gasteiger partial charge in [-0.1, -0.05) is 24.3 Å². The van der Waals surface area contributed by atoms with Crippen LogP contribution in [0, 0.1) is 0 Å². The summed E-state index contributed by atoms with van der Waals surface area (Å²) in [6.45, 7) is 0.170. The molecule has 2 N–H and O–H groups in total. The summed E-state index contributed by atoms with van der Waals surface area (Å²) in [5, 5.41) is 3.61. The van der Waals surface area contributed by atoms with E-state index in [2.05, 4.69) is 10.7 Å². The predicted molar refractivity (Wildman–Crippen MR) is 112 cm³/mol. The number of hydrogen-bond acceptors (Lipinski definition) is 5. The smallest absolute Gasteiger partial charge is 0.257 e. The van der Waals surface area contributed by atoms with Gasteiger partial charge in [0.1, 0.15) is 11.1 Å². The molecule has 7 nitrogen and oxygen atoms in total. The number of anilines is 2. The Labute approximate surface area is 173 Å². The van der Waals surface area contributed by atoms with Gasteiger partial charge < -0.3 is 15.0 Å².